The first-order chi connectivity index (χ1) is 11.0. The van der Waals surface area contributed by atoms with Crippen LogP contribution in [-0.4, -0.2) is 37.2 Å². The summed E-state index contributed by atoms with van der Waals surface area (Å²) in [7, 11) is 3.97. The fourth-order valence-corrected chi connectivity index (χ4v) is 4.87. The summed E-state index contributed by atoms with van der Waals surface area (Å²) in [6.07, 6.45) is 4.39. The molecule has 1 aliphatic rings. The van der Waals surface area contributed by atoms with E-state index >= 15 is 0 Å². The van der Waals surface area contributed by atoms with Crippen molar-refractivity contribution in [2.75, 3.05) is 30.5 Å². The van der Waals surface area contributed by atoms with E-state index in [-0.39, 0.29) is 11.6 Å². The van der Waals surface area contributed by atoms with Crippen molar-refractivity contribution in [1.29, 1.82) is 0 Å². The Morgan fingerprint density at radius 3 is 2.22 bits per heavy atom. The highest BCUT2D eigenvalue weighted by Gasteiger charge is 2.20. The molecule has 0 aliphatic carbocycles. The second-order valence-electron chi connectivity index (χ2n) is 5.45. The number of carbonyl (C=O) groups excluding carboxylic acids is 2. The fourth-order valence-electron chi connectivity index (χ4n) is 2.13. The van der Waals surface area contributed by atoms with Gasteiger partial charge in [0.05, 0.1) is 9.81 Å². The molecule has 2 rings (SSSR count). The molecular weight excluding hydrogens is 326 g/mol. The van der Waals surface area contributed by atoms with Crippen LogP contribution in [0.4, 0.5) is 5.69 Å². The topological polar surface area (TPSA) is 37.4 Å². The van der Waals surface area contributed by atoms with Crippen LogP contribution in [0.2, 0.25) is 0 Å². The molecule has 1 fully saturated rings. The fraction of sp³-hybridized carbons (Fsp3) is 0.333. The molecule has 0 aromatic heterocycles. The highest BCUT2D eigenvalue weighted by atomic mass is 32.2. The summed E-state index contributed by atoms with van der Waals surface area (Å²) in [6, 6.07) is 7.93. The highest BCUT2D eigenvalue weighted by Crippen LogP contribution is 2.37. The van der Waals surface area contributed by atoms with Crippen LogP contribution in [0.15, 0.2) is 40.2 Å². The van der Waals surface area contributed by atoms with Crippen molar-refractivity contribution in [3.05, 3.63) is 45.7 Å². The van der Waals surface area contributed by atoms with Crippen molar-refractivity contribution in [2.45, 2.75) is 13.3 Å². The second-order valence-corrected chi connectivity index (χ2v) is 7.92. The molecule has 0 saturated carbocycles. The maximum Gasteiger partial charge on any atom is 0.191 e. The van der Waals surface area contributed by atoms with Gasteiger partial charge in [0, 0.05) is 19.8 Å². The third kappa shape index (κ3) is 5.01. The average Bonchev–Trinajstić information content (AvgIpc) is 2.54. The molecule has 0 unspecified atom stereocenters. The summed E-state index contributed by atoms with van der Waals surface area (Å²) in [5.74, 6) is 1.59. The minimum Gasteiger partial charge on any atom is -0.378 e. The summed E-state index contributed by atoms with van der Waals surface area (Å²) in [6.45, 7) is 1.47. The van der Waals surface area contributed by atoms with Gasteiger partial charge in [0.1, 0.15) is 0 Å². The quantitative estimate of drug-likeness (QED) is 0.457. The monoisotopic (exact) mass is 347 g/mol. The van der Waals surface area contributed by atoms with Crippen molar-refractivity contribution >= 4 is 46.9 Å². The van der Waals surface area contributed by atoms with Crippen LogP contribution in [0.5, 0.6) is 0 Å². The van der Waals surface area contributed by atoms with Gasteiger partial charge in [-0.3, -0.25) is 9.59 Å². The van der Waals surface area contributed by atoms with Gasteiger partial charge in [0.15, 0.2) is 11.6 Å². The second kappa shape index (κ2) is 8.41. The normalized spacial score (nSPS) is 14.8. The first kappa shape index (κ1) is 17.9. The maximum absolute atomic E-state index is 12.4. The third-order valence-electron chi connectivity index (χ3n) is 3.39. The first-order valence-electron chi connectivity index (χ1n) is 7.49. The molecule has 1 saturated heterocycles. The number of thioether (sulfide) groups is 2. The summed E-state index contributed by atoms with van der Waals surface area (Å²) in [5, 5.41) is 0. The van der Waals surface area contributed by atoms with Gasteiger partial charge in [-0.25, -0.2) is 0 Å². The largest absolute Gasteiger partial charge is 0.378 e. The number of nitrogens with zero attached hydrogens (tertiary/aromatic N) is 1. The molecule has 0 amide bonds. The molecule has 0 spiro atoms. The lowest BCUT2D eigenvalue weighted by Gasteiger charge is -2.15. The Bertz CT molecular complexity index is 637. The molecule has 1 heterocycles. The van der Waals surface area contributed by atoms with E-state index in [1.807, 2.05) is 43.3 Å². The van der Waals surface area contributed by atoms with Gasteiger partial charge in [0.2, 0.25) is 0 Å². The first-order valence-corrected chi connectivity index (χ1v) is 9.47. The molecule has 0 bridgehead atoms. The van der Waals surface area contributed by atoms with E-state index in [4.69, 9.17) is 0 Å². The minimum absolute atomic E-state index is 0.153. The van der Waals surface area contributed by atoms with Crippen LogP contribution in [-0.2, 0) is 9.59 Å². The Morgan fingerprint density at radius 1 is 1.09 bits per heavy atom. The van der Waals surface area contributed by atoms with Crippen LogP contribution in [0.25, 0.3) is 6.08 Å². The molecular formula is C18H21NO2S2. The number of rotatable bonds is 5. The smallest absolute Gasteiger partial charge is 0.191 e. The number of hydrogen-bond donors (Lipinski definition) is 0. The lowest BCUT2D eigenvalue weighted by atomic mass is 10.1. The van der Waals surface area contributed by atoms with E-state index in [2.05, 4.69) is 0 Å². The molecule has 0 atom stereocenters. The summed E-state index contributed by atoms with van der Waals surface area (Å²) in [5.41, 5.74) is 2.39. The zero-order valence-electron chi connectivity index (χ0n) is 13.7. The Kier molecular flexibility index (Phi) is 6.54. The Morgan fingerprint density at radius 2 is 1.70 bits per heavy atom. The molecule has 5 heteroatoms. The maximum atomic E-state index is 12.4. The van der Waals surface area contributed by atoms with Gasteiger partial charge in [-0.2, -0.15) is 0 Å². The van der Waals surface area contributed by atoms with E-state index in [1.54, 1.807) is 29.6 Å². The van der Waals surface area contributed by atoms with Crippen molar-refractivity contribution in [3.8, 4) is 0 Å². The Labute approximate surface area is 146 Å². The van der Waals surface area contributed by atoms with E-state index in [1.165, 1.54) is 13.0 Å². The molecule has 1 aromatic carbocycles. The minimum atomic E-state index is -0.203. The molecule has 23 heavy (non-hydrogen) atoms. The van der Waals surface area contributed by atoms with E-state index in [0.717, 1.165) is 33.4 Å². The zero-order valence-corrected chi connectivity index (χ0v) is 15.3. The van der Waals surface area contributed by atoms with Crippen LogP contribution in [0, 0.1) is 0 Å². The van der Waals surface area contributed by atoms with Crippen molar-refractivity contribution in [3.63, 3.8) is 0 Å². The predicted octanol–water partition coefficient (Wildman–Crippen LogP) is 4.01. The van der Waals surface area contributed by atoms with E-state index in [9.17, 15) is 9.59 Å². The van der Waals surface area contributed by atoms with Crippen LogP contribution >= 0.6 is 23.5 Å². The van der Waals surface area contributed by atoms with Gasteiger partial charge in [0.25, 0.3) is 0 Å². The molecule has 1 aromatic rings. The van der Waals surface area contributed by atoms with Crippen LogP contribution in [0.1, 0.15) is 18.9 Å². The number of anilines is 1. The zero-order chi connectivity index (χ0) is 16.8. The van der Waals surface area contributed by atoms with Crippen molar-refractivity contribution in [1.82, 2.24) is 0 Å². The summed E-state index contributed by atoms with van der Waals surface area (Å²) in [4.78, 5) is 26.3. The van der Waals surface area contributed by atoms with E-state index in [0.29, 0.717) is 5.57 Å². The Balaban J connectivity index is 2.16. The van der Waals surface area contributed by atoms with Gasteiger partial charge in [-0.15, -0.1) is 23.5 Å². The molecule has 122 valence electrons. The molecule has 0 radical (unpaired) electrons. The predicted molar refractivity (Wildman–Crippen MR) is 102 cm³/mol. The number of carbonyl (C=O) groups is 2. The van der Waals surface area contributed by atoms with Crippen LogP contribution in [0.3, 0.4) is 0 Å². The lowest BCUT2D eigenvalue weighted by Crippen LogP contribution is -2.11. The Hall–Kier alpha value is -1.46. The van der Waals surface area contributed by atoms with Crippen LogP contribution < -0.4 is 4.90 Å². The lowest BCUT2D eigenvalue weighted by molar-refractivity contribution is -0.118. The van der Waals surface area contributed by atoms with Gasteiger partial charge < -0.3 is 4.90 Å². The van der Waals surface area contributed by atoms with Crippen molar-refractivity contribution in [2.24, 2.45) is 0 Å². The molecule has 0 N–H and O–H groups in total. The summed E-state index contributed by atoms with van der Waals surface area (Å²) < 4.78 is 0.876. The van der Waals surface area contributed by atoms with Gasteiger partial charge in [-0.05, 0) is 48.6 Å². The SMILES string of the molecule is CC(=O)C(C(=O)/C=C/c1ccc(N(C)C)cc1)=C1SCCCS1. The summed E-state index contributed by atoms with van der Waals surface area (Å²) >= 11 is 3.23. The van der Waals surface area contributed by atoms with E-state index < -0.39 is 0 Å². The standard InChI is InChI=1S/C18H21NO2S2/c1-13(20)17(18-22-11-4-12-23-18)16(21)10-7-14-5-8-15(9-6-14)19(2)3/h5-10H,4,11-12H2,1-3H3/b10-7+. The highest BCUT2D eigenvalue weighted by molar-refractivity contribution is 8.22. The number of allylic oxidation sites excluding steroid dienone is 2. The van der Waals surface area contributed by atoms with Gasteiger partial charge in [-0.1, -0.05) is 18.2 Å². The number of ketones is 2. The third-order valence-corrected chi connectivity index (χ3v) is 6.02. The van der Waals surface area contributed by atoms with Crippen molar-refractivity contribution < 1.29 is 9.59 Å². The number of benzene rings is 1. The molecule has 1 aliphatic heterocycles. The van der Waals surface area contributed by atoms with Gasteiger partial charge >= 0.3 is 0 Å². The number of Topliss-reactive ketones (excluding diaryl/α,β-unsaturated/α-hetero) is 1. The molecule has 3 nitrogen and oxygen atoms in total. The number of hydrogen-bond acceptors (Lipinski definition) is 5. The average molecular weight is 348 g/mol.